The lowest BCUT2D eigenvalue weighted by Gasteiger charge is -2.23. The molecule has 1 unspecified atom stereocenters. The molecule has 0 radical (unpaired) electrons. The number of carbonyl (C=O) groups is 1. The number of carboxylic acids is 1. The molecule has 102 valence electrons. The number of tetrazole rings is 1. The molecule has 0 bridgehead atoms. The van der Waals surface area contributed by atoms with E-state index in [9.17, 15) is 9.90 Å². The smallest absolute Gasteiger partial charge is 0.331 e. The summed E-state index contributed by atoms with van der Waals surface area (Å²) in [6.45, 7) is 6.62. The minimum Gasteiger partial charge on any atom is -0.479 e. The van der Waals surface area contributed by atoms with E-state index in [-0.39, 0.29) is 0 Å². The number of rotatable bonds is 8. The van der Waals surface area contributed by atoms with Gasteiger partial charge in [0.25, 0.3) is 0 Å². The number of carboxylic acid groups (broad SMARTS) is 1. The zero-order valence-corrected chi connectivity index (χ0v) is 11.1. The van der Waals surface area contributed by atoms with Gasteiger partial charge in [-0.1, -0.05) is 13.8 Å². The Labute approximate surface area is 106 Å². The molecular weight excluding hydrogens is 236 g/mol. The standard InChI is InChI=1S/C11H20N4O3/c1-4-7-18-8-6-9-12-13-14-15(9)11(3,5-2)10(16)17/h4-8H2,1-3H3,(H,16,17). The van der Waals surface area contributed by atoms with Crippen LogP contribution in [0.4, 0.5) is 0 Å². The second kappa shape index (κ2) is 6.44. The van der Waals surface area contributed by atoms with Gasteiger partial charge in [-0.2, -0.15) is 0 Å². The molecule has 0 amide bonds. The molecule has 0 saturated heterocycles. The lowest BCUT2D eigenvalue weighted by Crippen LogP contribution is -2.40. The maximum absolute atomic E-state index is 11.3. The second-order valence-corrected chi connectivity index (χ2v) is 4.30. The average molecular weight is 256 g/mol. The number of aromatic nitrogens is 4. The molecule has 0 aliphatic heterocycles. The maximum Gasteiger partial charge on any atom is 0.331 e. The van der Waals surface area contributed by atoms with Gasteiger partial charge < -0.3 is 9.84 Å². The van der Waals surface area contributed by atoms with Crippen molar-refractivity contribution in [2.24, 2.45) is 0 Å². The van der Waals surface area contributed by atoms with Crippen LogP contribution in [0.5, 0.6) is 0 Å². The monoisotopic (exact) mass is 256 g/mol. The third kappa shape index (κ3) is 3.04. The van der Waals surface area contributed by atoms with E-state index in [1.54, 1.807) is 13.8 Å². The summed E-state index contributed by atoms with van der Waals surface area (Å²) in [4.78, 5) is 11.3. The van der Waals surface area contributed by atoms with Crippen molar-refractivity contribution in [3.8, 4) is 0 Å². The third-order valence-corrected chi connectivity index (χ3v) is 2.97. The summed E-state index contributed by atoms with van der Waals surface area (Å²) in [5.41, 5.74) is -1.11. The Morgan fingerprint density at radius 3 is 2.72 bits per heavy atom. The molecule has 0 aliphatic carbocycles. The molecule has 1 heterocycles. The minimum absolute atomic E-state index is 0.413. The molecule has 0 aromatic carbocycles. The fourth-order valence-electron chi connectivity index (χ4n) is 1.55. The molecule has 1 aromatic rings. The van der Waals surface area contributed by atoms with E-state index in [0.29, 0.717) is 31.9 Å². The molecular formula is C11H20N4O3. The molecule has 18 heavy (non-hydrogen) atoms. The van der Waals surface area contributed by atoms with Crippen LogP contribution < -0.4 is 0 Å². The van der Waals surface area contributed by atoms with Crippen LogP contribution >= 0.6 is 0 Å². The van der Waals surface area contributed by atoms with Crippen LogP contribution in [0.3, 0.4) is 0 Å². The number of aliphatic carboxylic acids is 1. The highest BCUT2D eigenvalue weighted by atomic mass is 16.5. The summed E-state index contributed by atoms with van der Waals surface area (Å²) >= 11 is 0. The maximum atomic E-state index is 11.3. The van der Waals surface area contributed by atoms with Gasteiger partial charge >= 0.3 is 5.97 Å². The SMILES string of the molecule is CCCOCCc1nnnn1C(C)(CC)C(=O)O. The molecule has 1 atom stereocenters. The van der Waals surface area contributed by atoms with Gasteiger partial charge in [0.05, 0.1) is 6.61 Å². The molecule has 7 heteroatoms. The normalized spacial score (nSPS) is 14.4. The van der Waals surface area contributed by atoms with Crippen LogP contribution in [0.15, 0.2) is 0 Å². The summed E-state index contributed by atoms with van der Waals surface area (Å²) in [6, 6.07) is 0. The zero-order chi connectivity index (χ0) is 13.6. The van der Waals surface area contributed by atoms with Crippen molar-refractivity contribution in [2.75, 3.05) is 13.2 Å². The first-order chi connectivity index (χ1) is 8.56. The second-order valence-electron chi connectivity index (χ2n) is 4.30. The van der Waals surface area contributed by atoms with Crippen molar-refractivity contribution in [2.45, 2.75) is 45.6 Å². The highest BCUT2D eigenvalue weighted by Gasteiger charge is 2.36. The van der Waals surface area contributed by atoms with Gasteiger partial charge in [-0.05, 0) is 30.2 Å². The van der Waals surface area contributed by atoms with E-state index in [1.807, 2.05) is 6.92 Å². The summed E-state index contributed by atoms with van der Waals surface area (Å²) < 4.78 is 6.74. The molecule has 0 fully saturated rings. The van der Waals surface area contributed by atoms with Crippen molar-refractivity contribution in [1.82, 2.24) is 20.2 Å². The van der Waals surface area contributed by atoms with Crippen LogP contribution in [0.1, 0.15) is 39.4 Å². The molecule has 1 rings (SSSR count). The lowest BCUT2D eigenvalue weighted by molar-refractivity contribution is -0.147. The fraction of sp³-hybridized carbons (Fsp3) is 0.818. The average Bonchev–Trinajstić information content (AvgIpc) is 2.82. The highest BCUT2D eigenvalue weighted by Crippen LogP contribution is 2.20. The van der Waals surface area contributed by atoms with Crippen molar-refractivity contribution >= 4 is 5.97 Å². The van der Waals surface area contributed by atoms with E-state index in [1.165, 1.54) is 4.68 Å². The quantitative estimate of drug-likeness (QED) is 0.693. The van der Waals surface area contributed by atoms with Gasteiger partial charge in [-0.25, -0.2) is 9.48 Å². The first-order valence-electron chi connectivity index (χ1n) is 6.15. The molecule has 1 aromatic heterocycles. The molecule has 0 saturated carbocycles. The van der Waals surface area contributed by atoms with Gasteiger partial charge in [0.1, 0.15) is 0 Å². The Balaban J connectivity index is 2.78. The van der Waals surface area contributed by atoms with Crippen molar-refractivity contribution in [3.05, 3.63) is 5.82 Å². The van der Waals surface area contributed by atoms with Gasteiger partial charge in [-0.15, -0.1) is 5.10 Å². The Morgan fingerprint density at radius 1 is 1.44 bits per heavy atom. The van der Waals surface area contributed by atoms with Crippen LogP contribution in [-0.2, 0) is 21.5 Å². The molecule has 7 nitrogen and oxygen atoms in total. The van der Waals surface area contributed by atoms with E-state index in [0.717, 1.165) is 6.42 Å². The predicted molar refractivity (Wildman–Crippen MR) is 64.2 cm³/mol. The van der Waals surface area contributed by atoms with Gasteiger partial charge in [-0.3, -0.25) is 0 Å². The van der Waals surface area contributed by atoms with Gasteiger partial charge in [0, 0.05) is 13.0 Å². The number of ether oxygens (including phenoxy) is 1. The zero-order valence-electron chi connectivity index (χ0n) is 11.1. The van der Waals surface area contributed by atoms with Crippen LogP contribution in [0, 0.1) is 0 Å². The first kappa shape index (κ1) is 14.6. The van der Waals surface area contributed by atoms with E-state index < -0.39 is 11.5 Å². The third-order valence-electron chi connectivity index (χ3n) is 2.97. The first-order valence-corrected chi connectivity index (χ1v) is 6.15. The molecule has 0 aliphatic rings. The predicted octanol–water partition coefficient (Wildman–Crippen LogP) is 0.852. The van der Waals surface area contributed by atoms with Gasteiger partial charge in [0.2, 0.25) is 0 Å². The van der Waals surface area contributed by atoms with Crippen molar-refractivity contribution < 1.29 is 14.6 Å². The summed E-state index contributed by atoms with van der Waals surface area (Å²) in [5.74, 6) is -0.397. The van der Waals surface area contributed by atoms with Crippen molar-refractivity contribution in [3.63, 3.8) is 0 Å². The Kier molecular flexibility index (Phi) is 5.21. The minimum atomic E-state index is -1.11. The van der Waals surface area contributed by atoms with E-state index in [2.05, 4.69) is 15.5 Å². The van der Waals surface area contributed by atoms with Crippen LogP contribution in [0.25, 0.3) is 0 Å². The summed E-state index contributed by atoms with van der Waals surface area (Å²) in [7, 11) is 0. The number of hydrogen-bond donors (Lipinski definition) is 1. The van der Waals surface area contributed by atoms with Crippen LogP contribution in [-0.4, -0.2) is 44.5 Å². The fourth-order valence-corrected chi connectivity index (χ4v) is 1.55. The van der Waals surface area contributed by atoms with Crippen molar-refractivity contribution in [1.29, 1.82) is 0 Å². The Hall–Kier alpha value is -1.50. The van der Waals surface area contributed by atoms with E-state index in [4.69, 9.17) is 4.74 Å². The Bertz CT molecular complexity index is 393. The summed E-state index contributed by atoms with van der Waals surface area (Å²) in [6.07, 6.45) is 1.87. The Morgan fingerprint density at radius 2 is 2.17 bits per heavy atom. The molecule has 1 N–H and O–H groups in total. The largest absolute Gasteiger partial charge is 0.479 e. The number of nitrogens with zero attached hydrogens (tertiary/aromatic N) is 4. The molecule has 0 spiro atoms. The lowest BCUT2D eigenvalue weighted by atomic mass is 9.99. The van der Waals surface area contributed by atoms with Gasteiger partial charge in [0.15, 0.2) is 11.4 Å². The number of hydrogen-bond acceptors (Lipinski definition) is 5. The topological polar surface area (TPSA) is 90.1 Å². The van der Waals surface area contributed by atoms with E-state index >= 15 is 0 Å². The summed E-state index contributed by atoms with van der Waals surface area (Å²) in [5, 5.41) is 20.5. The van der Waals surface area contributed by atoms with Crippen LogP contribution in [0.2, 0.25) is 0 Å². The highest BCUT2D eigenvalue weighted by molar-refractivity contribution is 5.76.